The van der Waals surface area contributed by atoms with E-state index < -0.39 is 5.41 Å². The van der Waals surface area contributed by atoms with Crippen molar-refractivity contribution >= 4 is 33.0 Å². The largest absolute Gasteiger partial charge is 0.457 e. The number of fused-ring (bicyclic) bond motifs is 9. The summed E-state index contributed by atoms with van der Waals surface area (Å²) in [5, 5.41) is 0. The molecule has 0 fully saturated rings. The molecule has 0 bridgehead atoms. The average molecular weight is 863 g/mol. The van der Waals surface area contributed by atoms with Crippen molar-refractivity contribution in [1.82, 2.24) is 0 Å². The van der Waals surface area contributed by atoms with E-state index in [1.807, 2.05) is 0 Å². The Morgan fingerprint density at radius 2 is 0.903 bits per heavy atom. The summed E-state index contributed by atoms with van der Waals surface area (Å²) in [7, 11) is 0. The van der Waals surface area contributed by atoms with Gasteiger partial charge in [-0.05, 0) is 133 Å². The monoisotopic (exact) mass is 861 g/mol. The first-order chi connectivity index (χ1) is 30.3. The van der Waals surface area contributed by atoms with Crippen LogP contribution in [0.4, 0.5) is 17.1 Å². The lowest BCUT2D eigenvalue weighted by atomic mass is 9.66. The third-order valence-corrected chi connectivity index (χ3v) is 13.3. The number of benzene rings is 9. The van der Waals surface area contributed by atoms with Crippen LogP contribution in [0.3, 0.4) is 0 Å². The van der Waals surface area contributed by atoms with Gasteiger partial charge in [0.05, 0.1) is 5.41 Å². The summed E-state index contributed by atoms with van der Waals surface area (Å²) >= 11 is 3.69. The van der Waals surface area contributed by atoms with Gasteiger partial charge in [-0.3, -0.25) is 0 Å². The predicted octanol–water partition coefficient (Wildman–Crippen LogP) is 16.7. The summed E-state index contributed by atoms with van der Waals surface area (Å²) in [6, 6.07) is 77.4. The van der Waals surface area contributed by atoms with E-state index in [1.54, 1.807) is 0 Å². The van der Waals surface area contributed by atoms with Crippen LogP contribution in [-0.4, -0.2) is 0 Å². The highest BCUT2D eigenvalue weighted by molar-refractivity contribution is 9.10. The second-order valence-electron chi connectivity index (χ2n) is 17.4. The number of rotatable bonds is 6. The quantitative estimate of drug-likeness (QED) is 0.165. The SMILES string of the molecule is CC(C)(C)c1ccc(N(c2ccc(-c3ccc4c(c3)-c3ccccc3C43c4ccccc4Oc4ccccc43)cc2)c2cccc(-c3ccccc3-c3cccc(Br)c3)c2)cc1. The second kappa shape index (κ2) is 14.9. The molecule has 298 valence electrons. The molecule has 0 aromatic heterocycles. The molecule has 0 amide bonds. The van der Waals surface area contributed by atoms with Crippen molar-refractivity contribution in [1.29, 1.82) is 0 Å². The van der Waals surface area contributed by atoms with E-state index in [1.165, 1.54) is 66.8 Å². The van der Waals surface area contributed by atoms with E-state index in [2.05, 4.69) is 254 Å². The molecule has 0 unspecified atom stereocenters. The number of nitrogens with zero attached hydrogens (tertiary/aromatic N) is 1. The highest BCUT2D eigenvalue weighted by atomic mass is 79.9. The zero-order chi connectivity index (χ0) is 42.0. The Balaban J connectivity index is 1.01. The van der Waals surface area contributed by atoms with E-state index in [4.69, 9.17) is 4.74 Å². The van der Waals surface area contributed by atoms with Crippen LogP contribution in [0.1, 0.15) is 48.6 Å². The van der Waals surface area contributed by atoms with Gasteiger partial charge >= 0.3 is 0 Å². The molecule has 9 aromatic rings. The molecule has 1 aliphatic heterocycles. The maximum atomic E-state index is 6.55. The van der Waals surface area contributed by atoms with Crippen LogP contribution in [0.2, 0.25) is 0 Å². The molecule has 3 heteroatoms. The lowest BCUT2D eigenvalue weighted by Gasteiger charge is -2.39. The van der Waals surface area contributed by atoms with Crippen molar-refractivity contribution < 1.29 is 4.74 Å². The van der Waals surface area contributed by atoms with Gasteiger partial charge < -0.3 is 9.64 Å². The van der Waals surface area contributed by atoms with Gasteiger partial charge in [0.25, 0.3) is 0 Å². The summed E-state index contributed by atoms with van der Waals surface area (Å²) < 4.78 is 7.62. The average Bonchev–Trinajstić information content (AvgIpc) is 3.59. The van der Waals surface area contributed by atoms with E-state index >= 15 is 0 Å². The molecule has 62 heavy (non-hydrogen) atoms. The van der Waals surface area contributed by atoms with E-state index in [9.17, 15) is 0 Å². The summed E-state index contributed by atoms with van der Waals surface area (Å²) in [4.78, 5) is 2.38. The van der Waals surface area contributed by atoms with E-state index in [-0.39, 0.29) is 5.41 Å². The minimum absolute atomic E-state index is 0.0502. The van der Waals surface area contributed by atoms with Crippen molar-refractivity contribution in [2.24, 2.45) is 0 Å². The zero-order valence-electron chi connectivity index (χ0n) is 34.9. The van der Waals surface area contributed by atoms with Crippen molar-refractivity contribution in [3.63, 3.8) is 0 Å². The van der Waals surface area contributed by atoms with E-state index in [0.717, 1.165) is 38.6 Å². The van der Waals surface area contributed by atoms with Crippen LogP contribution in [-0.2, 0) is 10.8 Å². The number of hydrogen-bond donors (Lipinski definition) is 0. The molecule has 0 saturated heterocycles. The number of halogens is 1. The molecule has 1 spiro atoms. The van der Waals surface area contributed by atoms with Gasteiger partial charge in [-0.2, -0.15) is 0 Å². The molecule has 2 nitrogen and oxygen atoms in total. The van der Waals surface area contributed by atoms with E-state index in [0.29, 0.717) is 0 Å². The van der Waals surface area contributed by atoms with Crippen molar-refractivity contribution in [2.45, 2.75) is 31.6 Å². The Bertz CT molecular complexity index is 3110. The Labute approximate surface area is 372 Å². The minimum Gasteiger partial charge on any atom is -0.457 e. The number of anilines is 3. The smallest absolute Gasteiger partial charge is 0.132 e. The Kier molecular flexibility index (Phi) is 9.14. The van der Waals surface area contributed by atoms with Crippen molar-refractivity contribution in [2.75, 3.05) is 4.90 Å². The first-order valence-corrected chi connectivity index (χ1v) is 22.1. The summed E-state index contributed by atoms with van der Waals surface area (Å²) in [6.07, 6.45) is 0. The van der Waals surface area contributed by atoms with Crippen molar-refractivity contribution in [3.05, 3.63) is 245 Å². The third-order valence-electron chi connectivity index (χ3n) is 12.8. The molecule has 11 rings (SSSR count). The van der Waals surface area contributed by atoms with Crippen LogP contribution in [0.15, 0.2) is 217 Å². The van der Waals surface area contributed by atoms with Gasteiger partial charge in [0, 0.05) is 32.7 Å². The fraction of sp³-hybridized carbons (Fsp3) is 0.0847. The predicted molar refractivity (Wildman–Crippen MR) is 261 cm³/mol. The zero-order valence-corrected chi connectivity index (χ0v) is 36.5. The second-order valence-corrected chi connectivity index (χ2v) is 18.4. The lowest BCUT2D eigenvalue weighted by Crippen LogP contribution is -2.32. The minimum atomic E-state index is -0.476. The number of para-hydroxylation sites is 2. The van der Waals surface area contributed by atoms with Crippen LogP contribution in [0, 0.1) is 0 Å². The number of hydrogen-bond acceptors (Lipinski definition) is 2. The van der Waals surface area contributed by atoms with Gasteiger partial charge in [0.1, 0.15) is 11.5 Å². The molecule has 9 aromatic carbocycles. The maximum absolute atomic E-state index is 6.55. The summed E-state index contributed by atoms with van der Waals surface area (Å²) in [5.74, 6) is 1.82. The molecule has 1 aliphatic carbocycles. The Hall–Kier alpha value is -6.94. The molecular formula is C59H44BrNO. The topological polar surface area (TPSA) is 12.5 Å². The first-order valence-electron chi connectivity index (χ1n) is 21.4. The Morgan fingerprint density at radius 3 is 1.53 bits per heavy atom. The van der Waals surface area contributed by atoms with Crippen LogP contribution < -0.4 is 9.64 Å². The molecule has 0 N–H and O–H groups in total. The van der Waals surface area contributed by atoms with Crippen LogP contribution in [0.25, 0.3) is 44.5 Å². The molecule has 0 atom stereocenters. The first kappa shape index (κ1) is 38.0. The molecule has 0 radical (unpaired) electrons. The standard InChI is InChI=1S/C59H44BrNO/c1-58(2,3)43-29-33-46(34-30-43)61(47-17-13-15-42(37-47)49-19-5-4-18-48(49)41-14-12-16-44(60)36-41)45-31-26-39(27-32-45)40-28-35-53-51(38-40)50-20-6-7-21-52(50)59(53)54-22-8-10-24-56(54)62-57-25-11-9-23-55(57)59/h4-38H,1-3H3. The highest BCUT2D eigenvalue weighted by Gasteiger charge is 2.50. The van der Waals surface area contributed by atoms with Gasteiger partial charge in [0.2, 0.25) is 0 Å². The summed E-state index contributed by atoms with van der Waals surface area (Å²) in [6.45, 7) is 6.80. The number of ether oxygens (including phenoxy) is 1. The van der Waals surface area contributed by atoms with Crippen molar-refractivity contribution in [3.8, 4) is 56.0 Å². The van der Waals surface area contributed by atoms with Gasteiger partial charge in [-0.25, -0.2) is 0 Å². The summed E-state index contributed by atoms with van der Waals surface area (Å²) in [5.41, 5.74) is 18.7. The normalized spacial score (nSPS) is 13.1. The van der Waals surface area contributed by atoms with Crippen LogP contribution in [0.5, 0.6) is 11.5 Å². The molecule has 1 heterocycles. The Morgan fingerprint density at radius 1 is 0.387 bits per heavy atom. The maximum Gasteiger partial charge on any atom is 0.132 e. The van der Waals surface area contributed by atoms with Gasteiger partial charge in [-0.1, -0.05) is 182 Å². The fourth-order valence-corrected chi connectivity index (χ4v) is 10.3. The lowest BCUT2D eigenvalue weighted by molar-refractivity contribution is 0.436. The van der Waals surface area contributed by atoms with Gasteiger partial charge in [-0.15, -0.1) is 0 Å². The molecule has 2 aliphatic rings. The van der Waals surface area contributed by atoms with Gasteiger partial charge in [0.15, 0.2) is 0 Å². The van der Waals surface area contributed by atoms with Crippen LogP contribution >= 0.6 is 15.9 Å². The fourth-order valence-electron chi connectivity index (χ4n) is 9.85. The highest BCUT2D eigenvalue weighted by Crippen LogP contribution is 2.62. The third kappa shape index (κ3) is 6.22. The molecule has 0 saturated carbocycles. The molecular weight excluding hydrogens is 819 g/mol.